The third-order valence-corrected chi connectivity index (χ3v) is 4.92. The number of halogens is 3. The first-order chi connectivity index (χ1) is 12.9. The van der Waals surface area contributed by atoms with Gasteiger partial charge in [0.25, 0.3) is 0 Å². The average Bonchev–Trinajstić information content (AvgIpc) is 2.68. The SMILES string of the molecule is C/C=C(COc1ncc(C(/C=C(/Br)CC)=C/C(Br)=C/O)nn1)\C(Cl)=C/CC. The van der Waals surface area contributed by atoms with Crippen molar-refractivity contribution in [2.45, 2.75) is 33.6 Å². The van der Waals surface area contributed by atoms with Crippen LogP contribution in [0, 0.1) is 0 Å². The molecule has 0 aliphatic carbocycles. The number of ether oxygens (including phenoxy) is 1. The Bertz CT molecular complexity index is 770. The molecule has 1 aromatic heterocycles. The molecule has 0 bridgehead atoms. The molecular weight excluding hydrogens is 497 g/mol. The molecule has 0 saturated heterocycles. The first-order valence-electron chi connectivity index (χ1n) is 8.36. The van der Waals surface area contributed by atoms with Crippen LogP contribution in [0.2, 0.25) is 0 Å². The molecular formula is C19H22Br2ClN3O2. The van der Waals surface area contributed by atoms with Crippen LogP contribution in [-0.2, 0) is 0 Å². The van der Waals surface area contributed by atoms with Crippen LogP contribution in [0.25, 0.3) is 5.57 Å². The molecule has 0 fully saturated rings. The Hall–Kier alpha value is -1.44. The first kappa shape index (κ1) is 23.6. The van der Waals surface area contributed by atoms with Crippen molar-refractivity contribution in [3.63, 3.8) is 0 Å². The number of aliphatic hydroxyl groups excluding tert-OH is 1. The fraction of sp³-hybridized carbons (Fsp3) is 0.316. The Labute approximate surface area is 181 Å². The molecule has 0 aromatic carbocycles. The van der Waals surface area contributed by atoms with E-state index in [9.17, 15) is 0 Å². The van der Waals surface area contributed by atoms with E-state index in [-0.39, 0.29) is 12.6 Å². The molecule has 5 nitrogen and oxygen atoms in total. The highest BCUT2D eigenvalue weighted by Gasteiger charge is 2.08. The number of aromatic nitrogens is 3. The molecule has 1 N–H and O–H groups in total. The van der Waals surface area contributed by atoms with E-state index in [1.165, 1.54) is 0 Å². The Morgan fingerprint density at radius 2 is 2.00 bits per heavy atom. The van der Waals surface area contributed by atoms with E-state index in [1.54, 1.807) is 12.3 Å². The van der Waals surface area contributed by atoms with Crippen LogP contribution in [0.4, 0.5) is 0 Å². The molecule has 146 valence electrons. The average molecular weight is 520 g/mol. The predicted octanol–water partition coefficient (Wildman–Crippen LogP) is 6.60. The lowest BCUT2D eigenvalue weighted by molar-refractivity contribution is 0.320. The molecule has 1 heterocycles. The zero-order valence-corrected chi connectivity index (χ0v) is 19.3. The van der Waals surface area contributed by atoms with Crippen LogP contribution < -0.4 is 4.74 Å². The van der Waals surface area contributed by atoms with Crippen LogP contribution in [-0.4, -0.2) is 26.9 Å². The van der Waals surface area contributed by atoms with Gasteiger partial charge in [0, 0.05) is 16.2 Å². The van der Waals surface area contributed by atoms with Gasteiger partial charge in [-0.25, -0.2) is 4.98 Å². The molecule has 0 radical (unpaired) electrons. The number of allylic oxidation sites excluding steroid dienone is 7. The second kappa shape index (κ2) is 12.9. The van der Waals surface area contributed by atoms with E-state index >= 15 is 0 Å². The molecule has 0 spiro atoms. The van der Waals surface area contributed by atoms with Crippen LogP contribution in [0.3, 0.4) is 0 Å². The van der Waals surface area contributed by atoms with Crippen LogP contribution >= 0.6 is 43.5 Å². The van der Waals surface area contributed by atoms with Gasteiger partial charge in [-0.05, 0) is 52.3 Å². The van der Waals surface area contributed by atoms with Gasteiger partial charge in [0.05, 0.1) is 16.9 Å². The van der Waals surface area contributed by atoms with Crippen molar-refractivity contribution in [2.24, 2.45) is 0 Å². The first-order valence-corrected chi connectivity index (χ1v) is 10.3. The molecule has 0 saturated carbocycles. The third kappa shape index (κ3) is 8.41. The van der Waals surface area contributed by atoms with Crippen LogP contribution in [0.5, 0.6) is 6.01 Å². The van der Waals surface area contributed by atoms with Crippen molar-refractivity contribution in [1.82, 2.24) is 15.2 Å². The van der Waals surface area contributed by atoms with Crippen molar-refractivity contribution in [3.8, 4) is 6.01 Å². The van der Waals surface area contributed by atoms with Crippen LogP contribution in [0.1, 0.15) is 39.3 Å². The topological polar surface area (TPSA) is 68.1 Å². The Morgan fingerprint density at radius 1 is 1.26 bits per heavy atom. The van der Waals surface area contributed by atoms with Gasteiger partial charge in [-0.1, -0.05) is 58.6 Å². The van der Waals surface area contributed by atoms with Crippen LogP contribution in [0.15, 0.2) is 56.3 Å². The van der Waals surface area contributed by atoms with Gasteiger partial charge in [-0.3, -0.25) is 0 Å². The summed E-state index contributed by atoms with van der Waals surface area (Å²) in [7, 11) is 0. The van der Waals surface area contributed by atoms with E-state index in [0.29, 0.717) is 15.2 Å². The maximum atomic E-state index is 9.12. The lowest BCUT2D eigenvalue weighted by Crippen LogP contribution is -2.06. The predicted molar refractivity (Wildman–Crippen MR) is 118 cm³/mol. The monoisotopic (exact) mass is 517 g/mol. The van der Waals surface area contributed by atoms with Gasteiger partial charge in [-0.2, -0.15) is 0 Å². The number of hydrogen-bond acceptors (Lipinski definition) is 5. The van der Waals surface area contributed by atoms with Gasteiger partial charge in [0.2, 0.25) is 0 Å². The summed E-state index contributed by atoms with van der Waals surface area (Å²) in [6.45, 7) is 6.19. The minimum atomic E-state index is 0.161. The highest BCUT2D eigenvalue weighted by atomic mass is 79.9. The molecule has 0 unspecified atom stereocenters. The standard InChI is InChI=1S/C19H22Br2ClN3O2/c1-4-7-17(22)13(5-2)12-27-19-23-10-18(24-25-19)14(8-15(20)6-3)9-16(21)11-26/h5,7-11,26H,4,6,12H2,1-3H3/b13-5-,14-9+,15-8+,16-11-,17-7+. The van der Waals surface area contributed by atoms with E-state index in [2.05, 4.69) is 47.0 Å². The molecule has 0 atom stereocenters. The Morgan fingerprint density at radius 3 is 2.52 bits per heavy atom. The summed E-state index contributed by atoms with van der Waals surface area (Å²) in [6.07, 6.45) is 11.6. The van der Waals surface area contributed by atoms with Gasteiger partial charge >= 0.3 is 6.01 Å². The molecule has 27 heavy (non-hydrogen) atoms. The minimum absolute atomic E-state index is 0.161. The van der Waals surface area contributed by atoms with E-state index in [1.807, 2.05) is 39.0 Å². The Balaban J connectivity index is 2.98. The van der Waals surface area contributed by atoms with Gasteiger partial charge in [-0.15, -0.1) is 5.10 Å². The molecule has 0 amide bonds. The maximum Gasteiger partial charge on any atom is 0.336 e. The van der Waals surface area contributed by atoms with E-state index in [4.69, 9.17) is 21.4 Å². The molecule has 0 aliphatic heterocycles. The normalized spacial score (nSPS) is 14.5. The quantitative estimate of drug-likeness (QED) is 0.294. The Kier molecular flexibility index (Phi) is 11.2. The van der Waals surface area contributed by atoms with Crippen molar-refractivity contribution in [3.05, 3.63) is 62.0 Å². The van der Waals surface area contributed by atoms with Gasteiger partial charge in [0.1, 0.15) is 12.3 Å². The molecule has 1 aromatic rings. The minimum Gasteiger partial charge on any atom is -0.514 e. The van der Waals surface area contributed by atoms with Crippen molar-refractivity contribution in [2.75, 3.05) is 6.61 Å². The fourth-order valence-corrected chi connectivity index (χ4v) is 2.66. The summed E-state index contributed by atoms with van der Waals surface area (Å²) in [4.78, 5) is 4.21. The van der Waals surface area contributed by atoms with E-state index < -0.39 is 0 Å². The van der Waals surface area contributed by atoms with Gasteiger partial charge < -0.3 is 9.84 Å². The molecule has 0 aliphatic rings. The lowest BCUT2D eigenvalue weighted by Gasteiger charge is -2.08. The molecule has 1 rings (SSSR count). The second-order valence-corrected chi connectivity index (χ2v) is 7.59. The van der Waals surface area contributed by atoms with Crippen molar-refractivity contribution < 1.29 is 9.84 Å². The summed E-state index contributed by atoms with van der Waals surface area (Å²) < 4.78 is 7.06. The number of aliphatic hydroxyl groups is 1. The van der Waals surface area contributed by atoms with Gasteiger partial charge in [0.15, 0.2) is 0 Å². The maximum absolute atomic E-state index is 9.12. The fourth-order valence-electron chi connectivity index (χ4n) is 1.85. The second-order valence-electron chi connectivity index (χ2n) is 5.25. The zero-order valence-electron chi connectivity index (χ0n) is 15.4. The van der Waals surface area contributed by atoms with Crippen molar-refractivity contribution >= 4 is 49.0 Å². The summed E-state index contributed by atoms with van der Waals surface area (Å²) in [5, 5.41) is 18.0. The molecule has 8 heteroatoms. The highest BCUT2D eigenvalue weighted by molar-refractivity contribution is 9.12. The summed E-state index contributed by atoms with van der Waals surface area (Å²) in [5.74, 6) is 0. The lowest BCUT2D eigenvalue weighted by atomic mass is 10.1. The highest BCUT2D eigenvalue weighted by Crippen LogP contribution is 2.23. The summed E-state index contributed by atoms with van der Waals surface area (Å²) in [5.41, 5.74) is 2.14. The van der Waals surface area contributed by atoms with E-state index in [0.717, 1.165) is 34.7 Å². The smallest absolute Gasteiger partial charge is 0.336 e. The summed E-state index contributed by atoms with van der Waals surface area (Å²) in [6, 6.07) is 0.161. The number of rotatable bonds is 9. The largest absolute Gasteiger partial charge is 0.514 e. The number of nitrogens with zero attached hydrogens (tertiary/aromatic N) is 3. The third-order valence-electron chi connectivity index (χ3n) is 3.30. The van der Waals surface area contributed by atoms with Crippen molar-refractivity contribution in [1.29, 1.82) is 0 Å². The number of hydrogen-bond donors (Lipinski definition) is 1. The zero-order chi connectivity index (χ0) is 20.2. The summed E-state index contributed by atoms with van der Waals surface area (Å²) >= 11 is 12.9.